The molecule has 0 aliphatic heterocycles. The van der Waals surface area contributed by atoms with Crippen LogP contribution in [0.4, 0.5) is 0 Å². The zero-order chi connectivity index (χ0) is 21.5. The predicted molar refractivity (Wildman–Crippen MR) is 144 cm³/mol. The van der Waals surface area contributed by atoms with Crippen molar-refractivity contribution in [2.75, 3.05) is 0 Å². The number of rotatable bonds is 3. The molecule has 6 aromatic rings. The second-order valence-electron chi connectivity index (χ2n) is 7.65. The highest BCUT2D eigenvalue weighted by Crippen LogP contribution is 2.36. The molecule has 0 atom stereocenters. The van der Waals surface area contributed by atoms with E-state index in [0.717, 1.165) is 26.3 Å². The molecule has 2 heterocycles. The van der Waals surface area contributed by atoms with E-state index in [-0.39, 0.29) is 0 Å². The highest BCUT2D eigenvalue weighted by Gasteiger charge is 2.11. The second-order valence-corrected chi connectivity index (χ2v) is 9.84. The summed E-state index contributed by atoms with van der Waals surface area (Å²) in [6, 6.07) is 36.2. The van der Waals surface area contributed by atoms with Crippen LogP contribution >= 0.6 is 33.9 Å². The lowest BCUT2D eigenvalue weighted by Gasteiger charge is -2.08. The quantitative estimate of drug-likeness (QED) is 0.166. The minimum atomic E-state index is 0.762. The lowest BCUT2D eigenvalue weighted by atomic mass is 10.0. The average Bonchev–Trinajstić information content (AvgIpc) is 3.22. The van der Waals surface area contributed by atoms with Crippen molar-refractivity contribution in [3.63, 3.8) is 0 Å². The van der Waals surface area contributed by atoms with Crippen molar-refractivity contribution in [1.82, 2.24) is 9.97 Å². The molecule has 0 saturated heterocycles. The van der Waals surface area contributed by atoms with Gasteiger partial charge in [0, 0.05) is 31.3 Å². The summed E-state index contributed by atoms with van der Waals surface area (Å²) in [5, 5.41) is 2.60. The van der Waals surface area contributed by atoms with Crippen LogP contribution in [0.15, 0.2) is 103 Å². The number of nitrogens with zero attached hydrogens (tertiary/aromatic N) is 2. The minimum absolute atomic E-state index is 0.762. The maximum absolute atomic E-state index is 4.93. The van der Waals surface area contributed by atoms with Crippen molar-refractivity contribution < 1.29 is 0 Å². The zero-order valence-corrected chi connectivity index (χ0v) is 20.0. The van der Waals surface area contributed by atoms with Gasteiger partial charge in [0.2, 0.25) is 0 Å². The van der Waals surface area contributed by atoms with Crippen molar-refractivity contribution in [2.24, 2.45) is 0 Å². The van der Waals surface area contributed by atoms with E-state index < -0.39 is 0 Å². The van der Waals surface area contributed by atoms with E-state index in [9.17, 15) is 0 Å². The number of hydrogen-bond donors (Lipinski definition) is 0. The Morgan fingerprint density at radius 1 is 0.531 bits per heavy atom. The van der Waals surface area contributed by atoms with Crippen LogP contribution in [0.2, 0.25) is 0 Å². The molecular formula is C28H17IN2S. The molecule has 0 saturated carbocycles. The van der Waals surface area contributed by atoms with Gasteiger partial charge in [-0.15, -0.1) is 11.3 Å². The molecule has 0 radical (unpaired) electrons. The Balaban J connectivity index is 1.40. The monoisotopic (exact) mass is 540 g/mol. The molecule has 2 nitrogen and oxygen atoms in total. The van der Waals surface area contributed by atoms with E-state index in [2.05, 4.69) is 114 Å². The molecule has 4 aromatic carbocycles. The lowest BCUT2D eigenvalue weighted by molar-refractivity contribution is 1.15. The van der Waals surface area contributed by atoms with Crippen LogP contribution < -0.4 is 0 Å². The normalized spacial score (nSPS) is 11.3. The van der Waals surface area contributed by atoms with Crippen molar-refractivity contribution in [1.29, 1.82) is 0 Å². The fraction of sp³-hybridized carbons (Fsp3) is 0. The Kier molecular flexibility index (Phi) is 4.97. The summed E-state index contributed by atoms with van der Waals surface area (Å²) < 4.78 is 3.51. The standard InChI is InChI=1S/C28H17IN2S/c29-27-17-24(20-12-10-19(11-13-20)18-6-2-1-3-7-18)30-28(31-27)21-14-15-23-22-8-4-5-9-25(22)32-26(23)16-21/h1-17H. The number of halogens is 1. The van der Waals surface area contributed by atoms with Gasteiger partial charge >= 0.3 is 0 Å². The Labute approximate surface area is 203 Å². The first-order valence-electron chi connectivity index (χ1n) is 10.4. The molecule has 0 aliphatic rings. The Bertz CT molecular complexity index is 1570. The van der Waals surface area contributed by atoms with Gasteiger partial charge in [0.25, 0.3) is 0 Å². The molecule has 0 N–H and O–H groups in total. The number of hydrogen-bond acceptors (Lipinski definition) is 3. The third kappa shape index (κ3) is 3.59. The Morgan fingerprint density at radius 2 is 1.19 bits per heavy atom. The molecular weight excluding hydrogens is 523 g/mol. The summed E-state index contributed by atoms with van der Waals surface area (Å²) in [4.78, 5) is 9.66. The van der Waals surface area contributed by atoms with Crippen molar-refractivity contribution in [2.45, 2.75) is 0 Å². The highest BCUT2D eigenvalue weighted by molar-refractivity contribution is 14.1. The van der Waals surface area contributed by atoms with Gasteiger partial charge in [-0.05, 0) is 51.9 Å². The second kappa shape index (κ2) is 8.11. The van der Waals surface area contributed by atoms with Crippen LogP contribution in [-0.4, -0.2) is 9.97 Å². The Hall–Kier alpha value is -3.09. The maximum Gasteiger partial charge on any atom is 0.160 e. The lowest BCUT2D eigenvalue weighted by Crippen LogP contribution is -1.95. The maximum atomic E-state index is 4.93. The molecule has 0 bridgehead atoms. The van der Waals surface area contributed by atoms with Crippen LogP contribution in [0.5, 0.6) is 0 Å². The summed E-state index contributed by atoms with van der Waals surface area (Å²) in [6.07, 6.45) is 0. The molecule has 4 heteroatoms. The molecule has 0 amide bonds. The first kappa shape index (κ1) is 19.6. The molecule has 0 fully saturated rings. The van der Waals surface area contributed by atoms with Gasteiger partial charge in [-0.1, -0.05) is 84.9 Å². The number of thiophene rings is 1. The average molecular weight is 540 g/mol. The summed E-state index contributed by atoms with van der Waals surface area (Å²) in [5.41, 5.74) is 5.50. The van der Waals surface area contributed by atoms with Crippen LogP contribution in [-0.2, 0) is 0 Å². The van der Waals surface area contributed by atoms with Crippen LogP contribution in [0.25, 0.3) is 53.9 Å². The van der Waals surface area contributed by atoms with E-state index in [0.29, 0.717) is 0 Å². The summed E-state index contributed by atoms with van der Waals surface area (Å²) in [5.74, 6) is 0.762. The summed E-state index contributed by atoms with van der Waals surface area (Å²) in [7, 11) is 0. The SMILES string of the molecule is Ic1cc(-c2ccc(-c3ccccc3)cc2)nc(-c2ccc3c(c2)sc2ccccc23)n1. The van der Waals surface area contributed by atoms with Gasteiger partial charge in [0.05, 0.1) is 5.69 Å². The van der Waals surface area contributed by atoms with Crippen LogP contribution in [0, 0.1) is 3.70 Å². The van der Waals surface area contributed by atoms with Crippen molar-refractivity contribution >= 4 is 54.1 Å². The van der Waals surface area contributed by atoms with Crippen LogP contribution in [0.1, 0.15) is 0 Å². The van der Waals surface area contributed by atoms with E-state index in [1.807, 2.05) is 23.5 Å². The van der Waals surface area contributed by atoms with Crippen molar-refractivity contribution in [3.05, 3.63) is 107 Å². The van der Waals surface area contributed by atoms with E-state index >= 15 is 0 Å². The van der Waals surface area contributed by atoms with Gasteiger partial charge in [-0.2, -0.15) is 0 Å². The molecule has 6 rings (SSSR count). The van der Waals surface area contributed by atoms with Gasteiger partial charge in [0.1, 0.15) is 3.70 Å². The molecule has 0 spiro atoms. The predicted octanol–water partition coefficient (Wildman–Crippen LogP) is 8.45. The third-order valence-corrected chi connectivity index (χ3v) is 7.31. The highest BCUT2D eigenvalue weighted by atomic mass is 127. The fourth-order valence-corrected chi connectivity index (χ4v) is 5.69. The molecule has 0 unspecified atom stereocenters. The largest absolute Gasteiger partial charge is 0.228 e. The van der Waals surface area contributed by atoms with Gasteiger partial charge in [-0.3, -0.25) is 0 Å². The number of fused-ring (bicyclic) bond motifs is 3. The first-order valence-corrected chi connectivity index (χ1v) is 12.3. The van der Waals surface area contributed by atoms with E-state index in [1.165, 1.54) is 31.3 Å². The third-order valence-electron chi connectivity index (χ3n) is 5.62. The molecule has 32 heavy (non-hydrogen) atoms. The first-order chi connectivity index (χ1) is 15.7. The molecule has 2 aromatic heterocycles. The molecule has 0 aliphatic carbocycles. The minimum Gasteiger partial charge on any atom is -0.228 e. The van der Waals surface area contributed by atoms with Gasteiger partial charge < -0.3 is 0 Å². The zero-order valence-electron chi connectivity index (χ0n) is 17.0. The smallest absolute Gasteiger partial charge is 0.160 e. The topological polar surface area (TPSA) is 25.8 Å². The Morgan fingerprint density at radius 3 is 2.03 bits per heavy atom. The summed E-state index contributed by atoms with van der Waals surface area (Å²) >= 11 is 4.10. The van der Waals surface area contributed by atoms with Crippen molar-refractivity contribution in [3.8, 4) is 33.8 Å². The van der Waals surface area contributed by atoms with Gasteiger partial charge in [-0.25, -0.2) is 9.97 Å². The van der Waals surface area contributed by atoms with Crippen LogP contribution in [0.3, 0.4) is 0 Å². The van der Waals surface area contributed by atoms with E-state index in [1.54, 1.807) is 0 Å². The fourth-order valence-electron chi connectivity index (χ4n) is 4.02. The van der Waals surface area contributed by atoms with Gasteiger partial charge in [0.15, 0.2) is 5.82 Å². The number of benzene rings is 4. The van der Waals surface area contributed by atoms with E-state index in [4.69, 9.17) is 9.97 Å². The molecule has 152 valence electrons. The number of aromatic nitrogens is 2. The summed E-state index contributed by atoms with van der Waals surface area (Å²) in [6.45, 7) is 0.